The van der Waals surface area contributed by atoms with Crippen molar-refractivity contribution in [3.05, 3.63) is 0 Å². The summed E-state index contributed by atoms with van der Waals surface area (Å²) in [4.78, 5) is 25.7. The van der Waals surface area contributed by atoms with E-state index in [1.165, 1.54) is 9.44 Å². The average Bonchev–Trinajstić information content (AvgIpc) is 0.774. The number of aliphatic hydroxyl groups is 7. The second-order valence-electron chi connectivity index (χ2n) is 18.5. The Labute approximate surface area is 502 Å². The Morgan fingerprint density at radius 1 is 0.333 bits per heavy atom. The minimum Gasteiger partial charge on any atom is -0.479 e. The molecule has 0 bridgehead atoms. The number of carboxylic acid groups (broad SMARTS) is 2. The molecule has 5 aliphatic heterocycles. The fourth-order valence-corrected chi connectivity index (χ4v) is 12.5. The van der Waals surface area contributed by atoms with E-state index in [0.29, 0.717) is 0 Å². The Morgan fingerprint density at radius 3 is 1.14 bits per heavy atom. The molecule has 5 fully saturated rings. The lowest BCUT2D eigenvalue weighted by atomic mass is 9.94. The van der Waals surface area contributed by atoms with Gasteiger partial charge in [0.15, 0.2) is 49.8 Å². The molecule has 0 aromatic rings. The van der Waals surface area contributed by atoms with E-state index < -0.39 is 268 Å². The fourth-order valence-electron chi connectivity index (χ4n) is 8.80. The van der Waals surface area contributed by atoms with Gasteiger partial charge in [0.05, 0.1) is 19.8 Å². The van der Waals surface area contributed by atoms with Gasteiger partial charge in [0.25, 0.3) is 0 Å². The number of rotatable bonds is 29. The Morgan fingerprint density at radius 2 is 0.700 bits per heavy atom. The number of hydrogen-bond acceptors (Lipinski definition) is 39. The molecule has 0 aromatic carbocycles. The van der Waals surface area contributed by atoms with Crippen LogP contribution in [0, 0.1) is 0 Å². The summed E-state index contributed by atoms with van der Waals surface area (Å²) >= 11 is 0. The lowest BCUT2D eigenvalue weighted by Crippen LogP contribution is -2.71. The summed E-state index contributed by atoms with van der Waals surface area (Å²) in [5.41, 5.74) is 0. The predicted molar refractivity (Wildman–Crippen MR) is 257 cm³/mol. The molecule has 5 heterocycles. The first-order valence-corrected chi connectivity index (χ1v) is 34.3. The Balaban J connectivity index is 1.59. The fraction of sp³-hybridized carbons (Fsp3) is 0.933. The van der Waals surface area contributed by atoms with Crippen LogP contribution < -0.4 is 14.2 Å². The molecule has 0 saturated carbocycles. The van der Waals surface area contributed by atoms with Crippen molar-refractivity contribution >= 4 is 94.8 Å². The highest BCUT2D eigenvalue weighted by Gasteiger charge is 2.61. The van der Waals surface area contributed by atoms with Crippen LogP contribution in [-0.2, 0) is 156 Å². The summed E-state index contributed by atoms with van der Waals surface area (Å²) in [5, 5.41) is 97.8. The normalized spacial score (nSPS) is 38.9. The van der Waals surface area contributed by atoms with Gasteiger partial charge in [0.1, 0.15) is 104 Å². The number of nitrogens with one attached hydrogen (secondary N) is 3. The van der Waals surface area contributed by atoms with Crippen molar-refractivity contribution in [2.24, 2.45) is 0 Å². The molecule has 0 aliphatic carbocycles. The van der Waals surface area contributed by atoms with Crippen LogP contribution in [0.1, 0.15) is 0 Å². The van der Waals surface area contributed by atoms with Gasteiger partial charge in [-0.15, -0.1) is 0 Å². The molecule has 0 aromatic heterocycles. The summed E-state index contributed by atoms with van der Waals surface area (Å²) in [5.74, 6) is -4.94. The van der Waals surface area contributed by atoms with E-state index in [0.717, 1.165) is 4.72 Å². The van der Waals surface area contributed by atoms with Gasteiger partial charge in [-0.1, -0.05) is 0 Å². The topological polar surface area (TPSA) is 816 Å². The van der Waals surface area contributed by atoms with Gasteiger partial charge in [0, 0.05) is 0 Å². The van der Waals surface area contributed by atoms with Crippen molar-refractivity contribution in [2.75, 3.05) is 19.8 Å². The van der Waals surface area contributed by atoms with E-state index in [2.05, 4.69) is 20.9 Å². The zero-order valence-corrected chi connectivity index (χ0v) is 49.5. The van der Waals surface area contributed by atoms with Crippen LogP contribution in [0.3, 0.4) is 0 Å². The number of aliphatic hydroxyl groups excluding tert-OH is 7. The van der Waals surface area contributed by atoms with Crippen molar-refractivity contribution in [1.29, 1.82) is 0 Å². The van der Waals surface area contributed by atoms with Crippen LogP contribution in [0.4, 0.5) is 0 Å². The van der Waals surface area contributed by atoms with Gasteiger partial charge in [0.2, 0.25) is 0 Å². The third-order valence-electron chi connectivity index (χ3n) is 12.2. The second kappa shape index (κ2) is 29.3. The zero-order valence-electron chi connectivity index (χ0n) is 43.0. The first-order valence-electron chi connectivity index (χ1n) is 23.2. The van der Waals surface area contributed by atoms with Gasteiger partial charge in [-0.05, 0) is 0 Å². The van der Waals surface area contributed by atoms with Crippen molar-refractivity contribution < 1.29 is 223 Å². The van der Waals surface area contributed by atoms with Crippen LogP contribution in [0.25, 0.3) is 0 Å². The van der Waals surface area contributed by atoms with Gasteiger partial charge in [-0.25, -0.2) is 30.5 Å². The highest BCUT2D eigenvalue weighted by atomic mass is 32.3. The van der Waals surface area contributed by atoms with Crippen LogP contribution in [-0.4, -0.2) is 335 Å². The number of hydrogen-bond donors (Lipinski definition) is 20. The van der Waals surface area contributed by atoms with E-state index >= 15 is 0 Å². The highest BCUT2D eigenvalue weighted by molar-refractivity contribution is 7.84. The molecule has 25 atom stereocenters. The molecule has 528 valence electrons. The Kier molecular flexibility index (Phi) is 25.4. The van der Waals surface area contributed by atoms with E-state index in [1.807, 2.05) is 0 Å². The van der Waals surface area contributed by atoms with Crippen molar-refractivity contribution in [1.82, 2.24) is 14.2 Å². The minimum atomic E-state index is -6.36. The van der Waals surface area contributed by atoms with Gasteiger partial charge in [-0.2, -0.15) is 81.5 Å². The molecule has 60 heteroatoms. The lowest BCUT2D eigenvalue weighted by Gasteiger charge is -2.50. The quantitative estimate of drug-likeness (QED) is 0.0309. The largest absolute Gasteiger partial charge is 0.479 e. The van der Waals surface area contributed by atoms with E-state index in [9.17, 15) is 150 Å². The predicted octanol–water partition coefficient (Wildman–Crippen LogP) is -14.4. The summed E-state index contributed by atoms with van der Waals surface area (Å²) in [6, 6.07) is -8.42. The summed E-state index contributed by atoms with van der Waals surface area (Å²) < 4.78 is 339. The second-order valence-corrected chi connectivity index (χ2v) is 27.4. The highest BCUT2D eigenvalue weighted by Crippen LogP contribution is 2.38. The third kappa shape index (κ3) is 22.4. The van der Waals surface area contributed by atoms with Crippen LogP contribution >= 0.6 is 0 Å². The van der Waals surface area contributed by atoms with Crippen LogP contribution in [0.5, 0.6) is 0 Å². The monoisotopic (exact) mass is 1490 g/mol. The average molecular weight is 1490 g/mol. The molecule has 5 rings (SSSR count). The molecule has 0 amide bonds. The molecular weight excluding hydrogens is 1440 g/mol. The molecular formula is C30H51N3O49S8. The molecule has 0 radical (unpaired) electrons. The first-order chi connectivity index (χ1) is 40.6. The zero-order chi connectivity index (χ0) is 68.7. The molecule has 20 N–H and O–H groups in total. The summed E-state index contributed by atoms with van der Waals surface area (Å²) in [6.07, 6.45) is -64.7. The summed E-state index contributed by atoms with van der Waals surface area (Å²) in [7, 11) is -46.7. The third-order valence-corrected chi connectivity index (χ3v) is 16.2. The maximum atomic E-state index is 12.9. The first kappa shape index (κ1) is 78.0. The maximum absolute atomic E-state index is 12.9. The number of ether oxygens (including phenoxy) is 9. The molecule has 52 nitrogen and oxygen atoms in total. The van der Waals surface area contributed by atoms with Gasteiger partial charge in [-0.3, -0.25) is 36.4 Å². The number of carboxylic acids is 2. The Hall–Kier alpha value is -2.74. The van der Waals surface area contributed by atoms with Crippen LogP contribution in [0.2, 0.25) is 0 Å². The van der Waals surface area contributed by atoms with Crippen molar-refractivity contribution in [3.63, 3.8) is 0 Å². The van der Waals surface area contributed by atoms with Crippen molar-refractivity contribution in [3.8, 4) is 0 Å². The number of aliphatic carboxylic acids is 2. The van der Waals surface area contributed by atoms with E-state index in [-0.39, 0.29) is 0 Å². The Bertz CT molecular complexity index is 3470. The molecule has 1 unspecified atom stereocenters. The van der Waals surface area contributed by atoms with E-state index in [1.54, 1.807) is 0 Å². The minimum absolute atomic E-state index is 1.09. The molecule has 5 saturated heterocycles. The van der Waals surface area contributed by atoms with Crippen LogP contribution in [0.15, 0.2) is 0 Å². The van der Waals surface area contributed by atoms with E-state index in [4.69, 9.17) is 51.7 Å². The number of carbonyl (C=O) groups is 2. The molecule has 90 heavy (non-hydrogen) atoms. The van der Waals surface area contributed by atoms with Gasteiger partial charge >= 0.3 is 94.8 Å². The lowest BCUT2D eigenvalue weighted by molar-refractivity contribution is -0.372. The SMILES string of the molecule is O=C(O)[C@H]1O[C@@H](O[C@H]2[C@H](OS(=O)(=O)O)[C@@H](NS(=O)(=O)O)[C@@H](O[C@H]3[C@H](O)[C@@H](OS(=O)(=O)O)[C@H](O[C@H]4[C@H](O)[C@@H](NS(=O)(=O)O)C(O)O[C@@H]4COS(=O)(=O)O)O[C@@H]3C(=O)O)O[C@@H]2COS(=O)(=O)O)[C@H](O)[C@@H](O)[C@@H]1O[C@H]1O[C@H](COS(=O)(=O)O)[C@@H](O)[C@H](O)[C@H]1NS(=O)(=O)O. The van der Waals surface area contributed by atoms with Gasteiger partial charge < -0.3 is 88.6 Å². The standard InChI is InChI=1S/C30H51N3O49S8/c34-10-4(1-69-86(54,55)56)73-27(8(11(10)35)32-84(48,49)50)77-19-13(37)14(38)29(79-22(19)24(40)41)76-17-6(3-71-88(60,61)62)74-28(9(33-85(51,52)53)18(17)81-89(63,64)65)78-20-15(39)21(82-90(66,67)68)30(80-23(20)25(42)43)75-16-5(2-70-87(57,58)59)72-26(44)7(12(16)36)31-83(45,46)47/h4-23,26-39,44H,1-3H2,(H,40,41)(H,42,43)(H,45,46,47)(H,48,49,50)(H,51,52,53)(H,54,55,56)(H,57,58,59)(H,60,61,62)(H,63,64,65)(H,66,67,68)/t4-,5-,6-,7-,8-,9-,10-,11-,12-,13-,14-,15+,16-,17-,18-,19+,20+,21-,22+,23+,26?,27-,28-,29-,30-/m1/s1. The smallest absolute Gasteiger partial charge is 0.397 e. The maximum Gasteiger partial charge on any atom is 0.397 e. The molecule has 0 spiro atoms. The summed E-state index contributed by atoms with van der Waals surface area (Å²) in [6.45, 7) is -5.16. The van der Waals surface area contributed by atoms with Crippen molar-refractivity contribution in [2.45, 2.75) is 153 Å². The molecule has 5 aliphatic rings.